The average molecular weight is 352 g/mol. The van der Waals surface area contributed by atoms with Crippen molar-refractivity contribution >= 4 is 34.6 Å². The van der Waals surface area contributed by atoms with Crippen LogP contribution in [-0.2, 0) is 0 Å². The summed E-state index contributed by atoms with van der Waals surface area (Å²) >= 11 is 6.04. The van der Waals surface area contributed by atoms with Crippen LogP contribution in [0, 0.1) is 11.3 Å². The van der Waals surface area contributed by atoms with E-state index in [2.05, 4.69) is 26.7 Å². The highest BCUT2D eigenvalue weighted by atomic mass is 35.5. The summed E-state index contributed by atoms with van der Waals surface area (Å²) in [5.74, 6) is 1.82. The van der Waals surface area contributed by atoms with Crippen LogP contribution in [0.4, 0.5) is 23.0 Å². The van der Waals surface area contributed by atoms with Crippen molar-refractivity contribution in [3.05, 3.63) is 65.4 Å². The second-order valence-electron chi connectivity index (χ2n) is 5.08. The monoisotopic (exact) mass is 351 g/mol. The Morgan fingerprint density at radius 1 is 1.04 bits per heavy atom. The summed E-state index contributed by atoms with van der Waals surface area (Å²) in [6.45, 7) is 0. The molecule has 0 aliphatic heterocycles. The molecule has 0 unspecified atom stereocenters. The Morgan fingerprint density at radius 3 is 2.60 bits per heavy atom. The third kappa shape index (κ3) is 4.16. The van der Waals surface area contributed by atoms with Crippen LogP contribution in [0.5, 0.6) is 5.75 Å². The minimum absolute atomic E-state index is 0.570. The smallest absolute Gasteiger partial charge is 0.142 e. The first-order valence-electron chi connectivity index (χ1n) is 7.38. The third-order valence-electron chi connectivity index (χ3n) is 3.36. The number of hydrogen-bond acceptors (Lipinski definition) is 6. The average Bonchev–Trinajstić information content (AvgIpc) is 2.62. The normalized spacial score (nSPS) is 9.96. The first-order valence-corrected chi connectivity index (χ1v) is 7.75. The number of aromatic nitrogens is 2. The van der Waals surface area contributed by atoms with Gasteiger partial charge in [0.25, 0.3) is 0 Å². The Balaban J connectivity index is 1.82. The number of nitrogens with one attached hydrogen (secondary N) is 2. The van der Waals surface area contributed by atoms with Crippen molar-refractivity contribution in [3.63, 3.8) is 0 Å². The molecule has 0 fully saturated rings. The first-order chi connectivity index (χ1) is 12.2. The van der Waals surface area contributed by atoms with Crippen molar-refractivity contribution in [1.29, 1.82) is 5.26 Å². The number of nitrogens with zero attached hydrogens (tertiary/aromatic N) is 3. The zero-order chi connectivity index (χ0) is 17.6. The predicted octanol–water partition coefficient (Wildman–Crippen LogP) is 4.50. The predicted molar refractivity (Wildman–Crippen MR) is 97.8 cm³/mol. The third-order valence-corrected chi connectivity index (χ3v) is 3.59. The van der Waals surface area contributed by atoms with Crippen LogP contribution in [0.2, 0.25) is 5.02 Å². The summed E-state index contributed by atoms with van der Waals surface area (Å²) < 4.78 is 5.31. The summed E-state index contributed by atoms with van der Waals surface area (Å²) in [5.41, 5.74) is 2.04. The molecule has 3 aromatic rings. The standard InChI is InChI=1S/C18H14ClN5O/c1-25-16-6-5-13(19)8-15(16)24-18-9-17(21-11-22-18)23-14-4-2-3-12(7-14)10-20/h2-9,11H,1H3,(H2,21,22,23,24). The van der Waals surface area contributed by atoms with E-state index in [1.807, 2.05) is 6.07 Å². The molecule has 0 atom stereocenters. The van der Waals surface area contributed by atoms with Gasteiger partial charge in [-0.15, -0.1) is 0 Å². The molecule has 6 nitrogen and oxygen atoms in total. The highest BCUT2D eigenvalue weighted by Crippen LogP contribution is 2.30. The van der Waals surface area contributed by atoms with Crippen molar-refractivity contribution in [1.82, 2.24) is 9.97 Å². The molecule has 124 valence electrons. The van der Waals surface area contributed by atoms with Crippen LogP contribution in [0.25, 0.3) is 0 Å². The number of hydrogen-bond donors (Lipinski definition) is 2. The molecule has 3 rings (SSSR count). The van der Waals surface area contributed by atoms with Crippen molar-refractivity contribution in [2.75, 3.05) is 17.7 Å². The zero-order valence-electron chi connectivity index (χ0n) is 13.3. The summed E-state index contributed by atoms with van der Waals surface area (Å²) in [7, 11) is 1.59. The first kappa shape index (κ1) is 16.6. The fraction of sp³-hybridized carbons (Fsp3) is 0.0556. The second-order valence-corrected chi connectivity index (χ2v) is 5.51. The van der Waals surface area contributed by atoms with Gasteiger partial charge in [-0.05, 0) is 36.4 Å². The summed E-state index contributed by atoms with van der Waals surface area (Å²) in [6, 6.07) is 16.3. The second kappa shape index (κ2) is 7.51. The van der Waals surface area contributed by atoms with Gasteiger partial charge in [0.1, 0.15) is 23.7 Å². The zero-order valence-corrected chi connectivity index (χ0v) is 14.1. The van der Waals surface area contributed by atoms with E-state index in [1.54, 1.807) is 49.6 Å². The lowest BCUT2D eigenvalue weighted by Gasteiger charge is -2.12. The molecule has 1 aromatic heterocycles. The van der Waals surface area contributed by atoms with E-state index in [-0.39, 0.29) is 0 Å². The molecular formula is C18H14ClN5O. The molecule has 0 bridgehead atoms. The van der Waals surface area contributed by atoms with Gasteiger partial charge in [0.15, 0.2) is 0 Å². The highest BCUT2D eigenvalue weighted by molar-refractivity contribution is 6.31. The quantitative estimate of drug-likeness (QED) is 0.704. The van der Waals surface area contributed by atoms with Crippen molar-refractivity contribution in [2.24, 2.45) is 0 Å². The SMILES string of the molecule is COc1ccc(Cl)cc1Nc1cc(Nc2cccc(C#N)c2)ncn1. The topological polar surface area (TPSA) is 82.9 Å². The van der Waals surface area contributed by atoms with Gasteiger partial charge in [-0.2, -0.15) is 5.26 Å². The maximum Gasteiger partial charge on any atom is 0.142 e. The lowest BCUT2D eigenvalue weighted by molar-refractivity contribution is 0.417. The van der Waals surface area contributed by atoms with Gasteiger partial charge in [0, 0.05) is 16.8 Å². The maximum absolute atomic E-state index is 8.97. The molecule has 0 radical (unpaired) electrons. The molecule has 0 spiro atoms. The molecule has 0 amide bonds. The van der Waals surface area contributed by atoms with Gasteiger partial charge < -0.3 is 15.4 Å². The molecule has 0 aliphatic carbocycles. The van der Waals surface area contributed by atoms with Gasteiger partial charge in [0.2, 0.25) is 0 Å². The molecule has 0 aliphatic rings. The molecule has 2 aromatic carbocycles. The van der Waals surface area contributed by atoms with E-state index in [0.29, 0.717) is 33.7 Å². The van der Waals surface area contributed by atoms with E-state index in [1.165, 1.54) is 6.33 Å². The number of ether oxygens (including phenoxy) is 1. The Kier molecular flexibility index (Phi) is 4.97. The number of halogens is 1. The fourth-order valence-electron chi connectivity index (χ4n) is 2.22. The molecule has 7 heteroatoms. The van der Waals surface area contributed by atoms with E-state index in [0.717, 1.165) is 5.69 Å². The van der Waals surface area contributed by atoms with Gasteiger partial charge in [-0.25, -0.2) is 9.97 Å². The summed E-state index contributed by atoms with van der Waals surface area (Å²) in [5, 5.41) is 15.9. The summed E-state index contributed by atoms with van der Waals surface area (Å²) in [6.07, 6.45) is 1.44. The molecular weight excluding hydrogens is 338 g/mol. The van der Waals surface area contributed by atoms with Crippen molar-refractivity contribution < 1.29 is 4.74 Å². The van der Waals surface area contributed by atoms with E-state index in [9.17, 15) is 0 Å². The van der Waals surface area contributed by atoms with Crippen LogP contribution in [0.15, 0.2) is 54.9 Å². The number of benzene rings is 2. The molecule has 25 heavy (non-hydrogen) atoms. The minimum Gasteiger partial charge on any atom is -0.495 e. The molecule has 0 saturated heterocycles. The van der Waals surface area contributed by atoms with Crippen LogP contribution in [0.1, 0.15) is 5.56 Å². The molecule has 2 N–H and O–H groups in total. The van der Waals surface area contributed by atoms with E-state index in [4.69, 9.17) is 21.6 Å². The number of anilines is 4. The van der Waals surface area contributed by atoms with Crippen LogP contribution in [0.3, 0.4) is 0 Å². The lowest BCUT2D eigenvalue weighted by Crippen LogP contribution is -2.00. The Hall–Kier alpha value is -3.30. The lowest BCUT2D eigenvalue weighted by atomic mass is 10.2. The van der Waals surface area contributed by atoms with Gasteiger partial charge >= 0.3 is 0 Å². The fourth-order valence-corrected chi connectivity index (χ4v) is 2.40. The molecule has 0 saturated carbocycles. The van der Waals surface area contributed by atoms with E-state index >= 15 is 0 Å². The minimum atomic E-state index is 0.570. The Labute approximate surface area is 150 Å². The van der Waals surface area contributed by atoms with Crippen molar-refractivity contribution in [2.45, 2.75) is 0 Å². The van der Waals surface area contributed by atoms with Crippen LogP contribution < -0.4 is 15.4 Å². The van der Waals surface area contributed by atoms with E-state index < -0.39 is 0 Å². The molecule has 1 heterocycles. The summed E-state index contributed by atoms with van der Waals surface area (Å²) in [4.78, 5) is 8.39. The Bertz CT molecular complexity index is 939. The van der Waals surface area contributed by atoms with Gasteiger partial charge in [-0.1, -0.05) is 17.7 Å². The number of rotatable bonds is 5. The highest BCUT2D eigenvalue weighted by Gasteiger charge is 2.06. The van der Waals surface area contributed by atoms with Crippen LogP contribution >= 0.6 is 11.6 Å². The van der Waals surface area contributed by atoms with Crippen molar-refractivity contribution in [3.8, 4) is 11.8 Å². The maximum atomic E-state index is 8.97. The number of nitriles is 1. The van der Waals surface area contributed by atoms with Gasteiger partial charge in [0.05, 0.1) is 24.4 Å². The van der Waals surface area contributed by atoms with Crippen LogP contribution in [-0.4, -0.2) is 17.1 Å². The van der Waals surface area contributed by atoms with Gasteiger partial charge in [-0.3, -0.25) is 0 Å². The largest absolute Gasteiger partial charge is 0.495 e. The Morgan fingerprint density at radius 2 is 1.84 bits per heavy atom. The number of methoxy groups -OCH3 is 1.